The number of carbonyl (C=O) groups is 2. The SMILES string of the molecule is CCNC(=O)[C@@H](CC)N(CCc1ccccc1)C(=O)CSCc1ccccc1F. The molecule has 4 nitrogen and oxygen atoms in total. The molecule has 6 heteroatoms. The van der Waals surface area contributed by atoms with Gasteiger partial charge in [0.2, 0.25) is 11.8 Å². The van der Waals surface area contributed by atoms with Gasteiger partial charge in [0.15, 0.2) is 0 Å². The number of nitrogens with zero attached hydrogens (tertiary/aromatic N) is 1. The van der Waals surface area contributed by atoms with Crippen molar-refractivity contribution in [3.8, 4) is 0 Å². The van der Waals surface area contributed by atoms with Crippen molar-refractivity contribution in [3.63, 3.8) is 0 Å². The molecular weight excluding hydrogens is 387 g/mol. The van der Waals surface area contributed by atoms with E-state index >= 15 is 0 Å². The van der Waals surface area contributed by atoms with E-state index in [1.165, 1.54) is 17.8 Å². The van der Waals surface area contributed by atoms with Crippen LogP contribution in [0.4, 0.5) is 4.39 Å². The molecule has 0 unspecified atom stereocenters. The van der Waals surface area contributed by atoms with Crippen LogP contribution in [0.15, 0.2) is 54.6 Å². The van der Waals surface area contributed by atoms with Crippen LogP contribution in [0.2, 0.25) is 0 Å². The topological polar surface area (TPSA) is 49.4 Å². The van der Waals surface area contributed by atoms with Gasteiger partial charge in [-0.25, -0.2) is 4.39 Å². The number of hydrogen-bond acceptors (Lipinski definition) is 3. The summed E-state index contributed by atoms with van der Waals surface area (Å²) in [6.07, 6.45) is 1.23. The summed E-state index contributed by atoms with van der Waals surface area (Å²) in [6.45, 7) is 4.77. The van der Waals surface area contributed by atoms with Gasteiger partial charge < -0.3 is 10.2 Å². The Balaban J connectivity index is 2.04. The second kappa shape index (κ2) is 12.3. The minimum Gasteiger partial charge on any atom is -0.355 e. The first-order valence-corrected chi connectivity index (χ1v) is 11.1. The minimum atomic E-state index is -0.500. The summed E-state index contributed by atoms with van der Waals surface area (Å²) in [6, 6.07) is 16.0. The van der Waals surface area contributed by atoms with E-state index in [1.807, 2.05) is 44.2 Å². The summed E-state index contributed by atoms with van der Waals surface area (Å²) in [7, 11) is 0. The molecule has 1 N–H and O–H groups in total. The van der Waals surface area contributed by atoms with Crippen molar-refractivity contribution in [1.29, 1.82) is 0 Å². The van der Waals surface area contributed by atoms with Gasteiger partial charge in [0.1, 0.15) is 11.9 Å². The molecule has 2 amide bonds. The molecule has 1 atom stereocenters. The molecule has 0 aliphatic carbocycles. The molecule has 0 bridgehead atoms. The third-order valence-corrected chi connectivity index (χ3v) is 5.63. The van der Waals surface area contributed by atoms with E-state index in [1.54, 1.807) is 23.1 Å². The van der Waals surface area contributed by atoms with Crippen molar-refractivity contribution < 1.29 is 14.0 Å². The number of rotatable bonds is 11. The number of carbonyl (C=O) groups excluding carboxylic acids is 2. The Morgan fingerprint density at radius 2 is 1.76 bits per heavy atom. The molecule has 0 spiro atoms. The Kier molecular flexibility index (Phi) is 9.71. The molecule has 0 aliphatic heterocycles. The summed E-state index contributed by atoms with van der Waals surface area (Å²) in [4.78, 5) is 27.2. The van der Waals surface area contributed by atoms with Crippen LogP contribution < -0.4 is 5.32 Å². The van der Waals surface area contributed by atoms with Crippen molar-refractivity contribution in [2.24, 2.45) is 0 Å². The molecule has 0 fully saturated rings. The van der Waals surface area contributed by atoms with Crippen LogP contribution in [0.1, 0.15) is 31.4 Å². The lowest BCUT2D eigenvalue weighted by atomic mass is 10.1. The second-order valence-electron chi connectivity index (χ2n) is 6.73. The number of halogens is 1. The van der Waals surface area contributed by atoms with Crippen LogP contribution in [0, 0.1) is 5.82 Å². The van der Waals surface area contributed by atoms with Crippen molar-refractivity contribution in [2.75, 3.05) is 18.8 Å². The Labute approximate surface area is 176 Å². The van der Waals surface area contributed by atoms with E-state index in [4.69, 9.17) is 0 Å². The first kappa shape index (κ1) is 22.9. The Hall–Kier alpha value is -2.34. The molecule has 2 rings (SSSR count). The predicted octanol–water partition coefficient (Wildman–Crippen LogP) is 4.04. The number of nitrogens with one attached hydrogen (secondary N) is 1. The second-order valence-corrected chi connectivity index (χ2v) is 7.71. The third kappa shape index (κ3) is 7.20. The van der Waals surface area contributed by atoms with E-state index in [2.05, 4.69) is 5.32 Å². The maximum Gasteiger partial charge on any atom is 0.242 e. The smallest absolute Gasteiger partial charge is 0.242 e. The van der Waals surface area contributed by atoms with Crippen LogP contribution in [-0.2, 0) is 21.8 Å². The molecule has 0 saturated heterocycles. The summed E-state index contributed by atoms with van der Waals surface area (Å²) in [5.74, 6) is 0.139. The third-order valence-electron chi connectivity index (χ3n) is 4.66. The molecule has 0 heterocycles. The molecule has 0 saturated carbocycles. The van der Waals surface area contributed by atoms with Gasteiger partial charge in [-0.1, -0.05) is 55.5 Å². The highest BCUT2D eigenvalue weighted by Crippen LogP contribution is 2.17. The molecule has 0 aromatic heterocycles. The van der Waals surface area contributed by atoms with Gasteiger partial charge in [-0.3, -0.25) is 9.59 Å². The number of hydrogen-bond donors (Lipinski definition) is 1. The van der Waals surface area contributed by atoms with Crippen molar-refractivity contribution in [1.82, 2.24) is 10.2 Å². The zero-order valence-electron chi connectivity index (χ0n) is 17.1. The highest BCUT2D eigenvalue weighted by Gasteiger charge is 2.27. The summed E-state index contributed by atoms with van der Waals surface area (Å²) in [5, 5.41) is 2.83. The minimum absolute atomic E-state index is 0.0969. The van der Waals surface area contributed by atoms with Crippen LogP contribution in [0.3, 0.4) is 0 Å². The number of benzene rings is 2. The van der Waals surface area contributed by atoms with E-state index in [0.717, 1.165) is 5.56 Å². The maximum absolute atomic E-state index is 13.8. The summed E-state index contributed by atoms with van der Waals surface area (Å²) in [5.41, 5.74) is 1.70. The summed E-state index contributed by atoms with van der Waals surface area (Å²) < 4.78 is 13.8. The van der Waals surface area contributed by atoms with Gasteiger partial charge in [0.25, 0.3) is 0 Å². The van der Waals surface area contributed by atoms with Gasteiger partial charge in [-0.2, -0.15) is 0 Å². The first-order chi connectivity index (χ1) is 14.1. The molecule has 29 heavy (non-hydrogen) atoms. The van der Waals surface area contributed by atoms with E-state index in [0.29, 0.717) is 37.2 Å². The van der Waals surface area contributed by atoms with Gasteiger partial charge in [0, 0.05) is 18.8 Å². The fourth-order valence-corrected chi connectivity index (χ4v) is 4.03. The Bertz CT molecular complexity index is 785. The first-order valence-electron chi connectivity index (χ1n) is 9.99. The highest BCUT2D eigenvalue weighted by molar-refractivity contribution is 7.99. The molecule has 0 aliphatic rings. The quantitative estimate of drug-likeness (QED) is 0.601. The standard InChI is InChI=1S/C23H29FN2O2S/c1-3-21(23(28)25-4-2)26(15-14-18-10-6-5-7-11-18)22(27)17-29-16-19-12-8-9-13-20(19)24/h5-13,21H,3-4,14-17H2,1-2H3,(H,25,28)/t21-/m1/s1. The van der Waals surface area contributed by atoms with E-state index < -0.39 is 6.04 Å². The largest absolute Gasteiger partial charge is 0.355 e. The van der Waals surface area contributed by atoms with Crippen LogP contribution in [0.25, 0.3) is 0 Å². The molecule has 2 aromatic carbocycles. The highest BCUT2D eigenvalue weighted by atomic mass is 32.2. The van der Waals surface area contributed by atoms with Gasteiger partial charge in [-0.15, -0.1) is 11.8 Å². The summed E-state index contributed by atoms with van der Waals surface area (Å²) >= 11 is 1.37. The normalized spacial score (nSPS) is 11.7. The Morgan fingerprint density at radius 3 is 2.41 bits per heavy atom. The zero-order chi connectivity index (χ0) is 21.1. The average molecular weight is 417 g/mol. The maximum atomic E-state index is 13.8. The number of thioether (sulfide) groups is 1. The van der Waals surface area contributed by atoms with E-state index in [-0.39, 0.29) is 23.4 Å². The predicted molar refractivity (Wildman–Crippen MR) is 117 cm³/mol. The number of likely N-dealkylation sites (N-methyl/N-ethyl adjacent to an activating group) is 1. The zero-order valence-corrected chi connectivity index (χ0v) is 17.9. The van der Waals surface area contributed by atoms with Crippen molar-refractivity contribution in [2.45, 2.75) is 38.5 Å². The molecular formula is C23H29FN2O2S. The van der Waals surface area contributed by atoms with Gasteiger partial charge >= 0.3 is 0 Å². The van der Waals surface area contributed by atoms with Crippen molar-refractivity contribution >= 4 is 23.6 Å². The van der Waals surface area contributed by atoms with Gasteiger partial charge in [-0.05, 0) is 37.0 Å². The lowest BCUT2D eigenvalue weighted by Gasteiger charge is -2.30. The lowest BCUT2D eigenvalue weighted by molar-refractivity contribution is -0.138. The van der Waals surface area contributed by atoms with E-state index in [9.17, 15) is 14.0 Å². The molecule has 0 radical (unpaired) electrons. The lowest BCUT2D eigenvalue weighted by Crippen LogP contribution is -2.50. The fourth-order valence-electron chi connectivity index (χ4n) is 3.13. The average Bonchev–Trinajstić information content (AvgIpc) is 2.73. The monoisotopic (exact) mass is 416 g/mol. The van der Waals surface area contributed by atoms with Crippen LogP contribution in [0.5, 0.6) is 0 Å². The number of amides is 2. The van der Waals surface area contributed by atoms with Crippen LogP contribution in [-0.4, -0.2) is 41.6 Å². The van der Waals surface area contributed by atoms with Crippen LogP contribution >= 0.6 is 11.8 Å². The molecule has 156 valence electrons. The Morgan fingerprint density at radius 1 is 1.07 bits per heavy atom. The molecule has 2 aromatic rings. The van der Waals surface area contributed by atoms with Crippen molar-refractivity contribution in [3.05, 3.63) is 71.5 Å². The fraction of sp³-hybridized carbons (Fsp3) is 0.391. The van der Waals surface area contributed by atoms with Gasteiger partial charge in [0.05, 0.1) is 5.75 Å².